The lowest BCUT2D eigenvalue weighted by atomic mass is 10.5. The van der Waals surface area contributed by atoms with Gasteiger partial charge in [-0.1, -0.05) is 6.92 Å². The average molecular weight is 174 g/mol. The maximum Gasteiger partial charge on any atom is 0.319 e. The first-order valence-electron chi connectivity index (χ1n) is 4.16. The Morgan fingerprint density at radius 1 is 1.58 bits per heavy atom. The van der Waals surface area contributed by atoms with Gasteiger partial charge >= 0.3 is 5.97 Å². The van der Waals surface area contributed by atoms with E-state index < -0.39 is 0 Å². The summed E-state index contributed by atoms with van der Waals surface area (Å²) in [5.41, 5.74) is 0. The van der Waals surface area contributed by atoms with Gasteiger partial charge in [0.1, 0.15) is 0 Å². The van der Waals surface area contributed by atoms with Crippen molar-refractivity contribution in [3.63, 3.8) is 0 Å². The summed E-state index contributed by atoms with van der Waals surface area (Å²) >= 11 is 0. The standard InChI is InChI=1S/C8H18N2O2/c1-4-10(2)6-5-9-7-8(11)12-3/h9H,4-7H2,1-3H3. The first-order chi connectivity index (χ1) is 5.70. The maximum atomic E-state index is 10.6. The molecule has 1 N–H and O–H groups in total. The third kappa shape index (κ3) is 6.12. The molecule has 0 atom stereocenters. The van der Waals surface area contributed by atoms with E-state index in [0.29, 0.717) is 6.54 Å². The van der Waals surface area contributed by atoms with Crippen LogP contribution in [0.25, 0.3) is 0 Å². The van der Waals surface area contributed by atoms with Crippen LogP contribution in [0.3, 0.4) is 0 Å². The summed E-state index contributed by atoms with van der Waals surface area (Å²) in [7, 11) is 3.43. The zero-order valence-corrected chi connectivity index (χ0v) is 8.09. The minimum atomic E-state index is -0.214. The van der Waals surface area contributed by atoms with Crippen molar-refractivity contribution < 1.29 is 9.53 Å². The summed E-state index contributed by atoms with van der Waals surface area (Å²) in [5, 5.41) is 2.99. The predicted molar refractivity (Wildman–Crippen MR) is 48.1 cm³/mol. The number of esters is 1. The molecule has 0 aliphatic heterocycles. The van der Waals surface area contributed by atoms with E-state index in [9.17, 15) is 4.79 Å². The van der Waals surface area contributed by atoms with Gasteiger partial charge in [0.15, 0.2) is 0 Å². The number of methoxy groups -OCH3 is 1. The normalized spacial score (nSPS) is 10.3. The Balaban J connectivity index is 3.15. The van der Waals surface area contributed by atoms with E-state index in [4.69, 9.17) is 0 Å². The number of nitrogens with zero attached hydrogens (tertiary/aromatic N) is 1. The van der Waals surface area contributed by atoms with Gasteiger partial charge in [-0.15, -0.1) is 0 Å². The molecule has 0 amide bonds. The van der Waals surface area contributed by atoms with Crippen molar-refractivity contribution in [1.29, 1.82) is 0 Å². The third-order valence-electron chi connectivity index (χ3n) is 1.71. The molecule has 0 aromatic heterocycles. The van der Waals surface area contributed by atoms with E-state index in [1.165, 1.54) is 7.11 Å². The molecule has 0 rings (SSSR count). The quantitative estimate of drug-likeness (QED) is 0.443. The zero-order chi connectivity index (χ0) is 9.40. The molecule has 0 aromatic rings. The number of carbonyl (C=O) groups is 1. The molecule has 0 saturated heterocycles. The first kappa shape index (κ1) is 11.4. The molecule has 12 heavy (non-hydrogen) atoms. The number of rotatable bonds is 6. The molecule has 0 bridgehead atoms. The van der Waals surface area contributed by atoms with Gasteiger partial charge in [-0.25, -0.2) is 0 Å². The molecule has 0 heterocycles. The molecule has 0 saturated carbocycles. The summed E-state index contributed by atoms with van der Waals surface area (Å²) < 4.78 is 4.47. The largest absolute Gasteiger partial charge is 0.468 e. The fraction of sp³-hybridized carbons (Fsp3) is 0.875. The summed E-state index contributed by atoms with van der Waals surface area (Å²) in [6.45, 7) is 5.20. The predicted octanol–water partition coefficient (Wildman–Crippen LogP) is -0.299. The molecule has 0 unspecified atom stereocenters. The van der Waals surface area contributed by atoms with Crippen molar-refractivity contribution >= 4 is 5.97 Å². The Labute approximate surface area is 73.9 Å². The van der Waals surface area contributed by atoms with E-state index in [2.05, 4.69) is 21.9 Å². The van der Waals surface area contributed by atoms with Crippen LogP contribution >= 0.6 is 0 Å². The highest BCUT2D eigenvalue weighted by Gasteiger charge is 1.98. The lowest BCUT2D eigenvalue weighted by Crippen LogP contribution is -2.32. The van der Waals surface area contributed by atoms with Crippen molar-refractivity contribution in [3.05, 3.63) is 0 Å². The van der Waals surface area contributed by atoms with Crippen molar-refractivity contribution in [2.45, 2.75) is 6.92 Å². The van der Waals surface area contributed by atoms with E-state index in [1.807, 2.05) is 7.05 Å². The number of nitrogens with one attached hydrogen (secondary N) is 1. The summed E-state index contributed by atoms with van der Waals surface area (Å²) in [6.07, 6.45) is 0. The van der Waals surface area contributed by atoms with Crippen LogP contribution < -0.4 is 5.32 Å². The van der Waals surface area contributed by atoms with Crippen LogP contribution in [0.1, 0.15) is 6.92 Å². The fourth-order valence-electron chi connectivity index (χ4n) is 0.691. The Kier molecular flexibility index (Phi) is 6.70. The summed E-state index contributed by atoms with van der Waals surface area (Å²) in [5.74, 6) is -0.214. The second-order valence-electron chi connectivity index (χ2n) is 2.65. The van der Waals surface area contributed by atoms with Gasteiger partial charge < -0.3 is 15.0 Å². The molecular formula is C8H18N2O2. The first-order valence-corrected chi connectivity index (χ1v) is 4.16. The Hall–Kier alpha value is -0.610. The Morgan fingerprint density at radius 2 is 2.25 bits per heavy atom. The Morgan fingerprint density at radius 3 is 2.75 bits per heavy atom. The van der Waals surface area contributed by atoms with Gasteiger partial charge in [-0.05, 0) is 13.6 Å². The minimum absolute atomic E-state index is 0.214. The highest BCUT2D eigenvalue weighted by molar-refractivity contribution is 5.71. The zero-order valence-electron chi connectivity index (χ0n) is 8.09. The monoisotopic (exact) mass is 174 g/mol. The topological polar surface area (TPSA) is 41.6 Å². The van der Waals surface area contributed by atoms with Crippen molar-refractivity contribution in [2.75, 3.05) is 40.3 Å². The number of likely N-dealkylation sites (N-methyl/N-ethyl adjacent to an activating group) is 1. The third-order valence-corrected chi connectivity index (χ3v) is 1.71. The Bertz CT molecular complexity index is 128. The second-order valence-corrected chi connectivity index (χ2v) is 2.65. The minimum Gasteiger partial charge on any atom is -0.468 e. The number of hydrogen-bond donors (Lipinski definition) is 1. The van der Waals surface area contributed by atoms with E-state index in [0.717, 1.165) is 19.6 Å². The van der Waals surface area contributed by atoms with Crippen LogP contribution in [-0.2, 0) is 9.53 Å². The molecular weight excluding hydrogens is 156 g/mol. The lowest BCUT2D eigenvalue weighted by molar-refractivity contribution is -0.139. The molecule has 0 radical (unpaired) electrons. The molecule has 0 aromatic carbocycles. The van der Waals surface area contributed by atoms with Crippen LogP contribution in [0, 0.1) is 0 Å². The van der Waals surface area contributed by atoms with Gasteiger partial charge in [0.25, 0.3) is 0 Å². The van der Waals surface area contributed by atoms with Gasteiger partial charge in [-0.3, -0.25) is 4.79 Å². The molecule has 0 aliphatic carbocycles. The molecule has 72 valence electrons. The smallest absolute Gasteiger partial charge is 0.319 e. The van der Waals surface area contributed by atoms with E-state index in [1.54, 1.807) is 0 Å². The van der Waals surface area contributed by atoms with Crippen molar-refractivity contribution in [1.82, 2.24) is 10.2 Å². The van der Waals surface area contributed by atoms with Crippen LogP contribution in [0.15, 0.2) is 0 Å². The molecule has 0 fully saturated rings. The van der Waals surface area contributed by atoms with Crippen LogP contribution in [0.5, 0.6) is 0 Å². The van der Waals surface area contributed by atoms with Crippen molar-refractivity contribution in [3.8, 4) is 0 Å². The number of hydrogen-bond acceptors (Lipinski definition) is 4. The van der Waals surface area contributed by atoms with Gasteiger partial charge in [0.05, 0.1) is 13.7 Å². The van der Waals surface area contributed by atoms with Crippen LogP contribution in [-0.4, -0.2) is 51.2 Å². The van der Waals surface area contributed by atoms with Crippen LogP contribution in [0.4, 0.5) is 0 Å². The molecule has 4 heteroatoms. The second kappa shape index (κ2) is 7.06. The summed E-state index contributed by atoms with van der Waals surface area (Å²) in [6, 6.07) is 0. The van der Waals surface area contributed by atoms with Gasteiger partial charge in [0.2, 0.25) is 0 Å². The number of ether oxygens (including phenoxy) is 1. The molecule has 0 aliphatic rings. The highest BCUT2D eigenvalue weighted by atomic mass is 16.5. The SMILES string of the molecule is CCN(C)CCNCC(=O)OC. The van der Waals surface area contributed by atoms with Gasteiger partial charge in [0, 0.05) is 13.1 Å². The van der Waals surface area contributed by atoms with E-state index in [-0.39, 0.29) is 5.97 Å². The molecule has 4 nitrogen and oxygen atoms in total. The highest BCUT2D eigenvalue weighted by Crippen LogP contribution is 1.77. The number of carbonyl (C=O) groups excluding carboxylic acids is 1. The fourth-order valence-corrected chi connectivity index (χ4v) is 0.691. The maximum absolute atomic E-state index is 10.6. The lowest BCUT2D eigenvalue weighted by Gasteiger charge is -2.13. The van der Waals surface area contributed by atoms with Gasteiger partial charge in [-0.2, -0.15) is 0 Å². The molecule has 0 spiro atoms. The average Bonchev–Trinajstić information content (AvgIpc) is 2.11. The van der Waals surface area contributed by atoms with Crippen LogP contribution in [0.2, 0.25) is 0 Å². The van der Waals surface area contributed by atoms with E-state index >= 15 is 0 Å². The summed E-state index contributed by atoms with van der Waals surface area (Å²) in [4.78, 5) is 12.8. The van der Waals surface area contributed by atoms with Crippen molar-refractivity contribution in [2.24, 2.45) is 0 Å².